The van der Waals surface area contributed by atoms with Gasteiger partial charge in [0.2, 0.25) is 0 Å². The molecule has 0 heterocycles. The van der Waals surface area contributed by atoms with E-state index >= 15 is 0 Å². The van der Waals surface area contributed by atoms with Crippen LogP contribution in [0.4, 0.5) is 0 Å². The summed E-state index contributed by atoms with van der Waals surface area (Å²) in [5.41, 5.74) is 2.43. The Kier molecular flexibility index (Phi) is 20.3. The van der Waals surface area contributed by atoms with Crippen molar-refractivity contribution in [2.75, 3.05) is 26.4 Å². The minimum atomic E-state index is -0.125. The molecule has 0 atom stereocenters. The van der Waals surface area contributed by atoms with Crippen LogP contribution >= 0.6 is 0 Å². The normalized spacial score (nSPS) is 9.71. The van der Waals surface area contributed by atoms with Crippen LogP contribution in [-0.2, 0) is 22.7 Å². The van der Waals surface area contributed by atoms with Crippen LogP contribution in [0.5, 0.6) is 0 Å². The molecule has 28 heavy (non-hydrogen) atoms. The average molecular weight is 391 g/mol. The molecule has 0 aliphatic carbocycles. The Labute approximate surface area is 171 Å². The molecule has 0 aliphatic rings. The number of rotatable bonds is 11. The van der Waals surface area contributed by atoms with Crippen molar-refractivity contribution in [1.29, 1.82) is 0 Å². The molecule has 0 radical (unpaired) electrons. The highest BCUT2D eigenvalue weighted by Gasteiger charge is 1.93. The Morgan fingerprint density at radius 3 is 1.32 bits per heavy atom. The predicted octanol–water partition coefficient (Wildman–Crippen LogP) is 4.98. The lowest BCUT2D eigenvalue weighted by Crippen LogP contribution is -1.95. The summed E-state index contributed by atoms with van der Waals surface area (Å²) in [7, 11) is 0. The summed E-state index contributed by atoms with van der Waals surface area (Å²) in [4.78, 5) is 0. The zero-order valence-corrected chi connectivity index (χ0v) is 17.6. The zero-order chi connectivity index (χ0) is 20.7. The molecule has 2 rings (SSSR count). The molecule has 0 spiro atoms. The number of hydrogen-bond acceptors (Lipinski definition) is 4. The first-order valence-electron chi connectivity index (χ1n) is 10.2. The van der Waals surface area contributed by atoms with Crippen LogP contribution in [0.25, 0.3) is 0 Å². The molecule has 0 unspecified atom stereocenters. The second-order valence-electron chi connectivity index (χ2n) is 6.23. The molecule has 0 aliphatic heterocycles. The van der Waals surface area contributed by atoms with Crippen LogP contribution in [0.2, 0.25) is 0 Å². The highest BCUT2D eigenvalue weighted by atomic mass is 16.5. The molecule has 0 saturated carbocycles. The molecule has 2 aromatic carbocycles. The van der Waals surface area contributed by atoms with Gasteiger partial charge in [-0.3, -0.25) is 0 Å². The Hall–Kier alpha value is -1.72. The van der Waals surface area contributed by atoms with Crippen molar-refractivity contribution in [3.8, 4) is 0 Å². The molecular formula is C24H38O4. The number of aliphatic hydroxyl groups excluding tert-OH is 2. The summed E-state index contributed by atoms with van der Waals surface area (Å²) in [5, 5.41) is 15.2. The fourth-order valence-corrected chi connectivity index (χ4v) is 2.03. The van der Waals surface area contributed by atoms with Crippen LogP contribution < -0.4 is 0 Å². The lowest BCUT2D eigenvalue weighted by molar-refractivity contribution is 0.107. The Morgan fingerprint density at radius 1 is 0.607 bits per heavy atom. The van der Waals surface area contributed by atoms with Crippen LogP contribution in [0.15, 0.2) is 60.7 Å². The van der Waals surface area contributed by atoms with Gasteiger partial charge in [0.25, 0.3) is 0 Å². The van der Waals surface area contributed by atoms with E-state index in [1.165, 1.54) is 36.8 Å². The molecule has 0 amide bonds. The van der Waals surface area contributed by atoms with E-state index in [0.717, 1.165) is 13.2 Å². The van der Waals surface area contributed by atoms with Crippen molar-refractivity contribution in [2.45, 2.75) is 52.7 Å². The number of hydrogen-bond donors (Lipinski definition) is 2. The zero-order valence-electron chi connectivity index (χ0n) is 17.6. The summed E-state index contributed by atoms with van der Waals surface area (Å²) in [6.45, 7) is 7.38. The molecule has 0 bridgehead atoms. The van der Waals surface area contributed by atoms with E-state index in [4.69, 9.17) is 19.7 Å². The fraction of sp³-hybridized carbons (Fsp3) is 0.500. The summed E-state index contributed by atoms with van der Waals surface area (Å²) in [6.07, 6.45) is 4.91. The maximum Gasteiger partial charge on any atom is 0.0721 e. The number of ether oxygens (including phenoxy) is 2. The van der Waals surface area contributed by atoms with Gasteiger partial charge in [-0.1, -0.05) is 87.4 Å². The molecule has 158 valence electrons. The van der Waals surface area contributed by atoms with Gasteiger partial charge in [-0.05, 0) is 24.0 Å². The summed E-state index contributed by atoms with van der Waals surface area (Å²) in [5.74, 6) is 0. The molecule has 2 aromatic rings. The van der Waals surface area contributed by atoms with E-state index in [-0.39, 0.29) is 13.2 Å². The fourth-order valence-electron chi connectivity index (χ4n) is 2.03. The molecular weight excluding hydrogens is 352 g/mol. The van der Waals surface area contributed by atoms with E-state index < -0.39 is 0 Å². The first-order valence-corrected chi connectivity index (χ1v) is 10.2. The molecule has 0 aromatic heterocycles. The summed E-state index contributed by atoms with van der Waals surface area (Å²) in [6, 6.07) is 20.4. The topological polar surface area (TPSA) is 58.9 Å². The SMILES string of the molecule is CCCCOCCCC.OCCO.c1ccc(COCc2ccccc2)cc1. The third-order valence-electron chi connectivity index (χ3n) is 3.61. The Bertz CT molecular complexity index is 469. The van der Waals surface area contributed by atoms with Crippen molar-refractivity contribution in [3.05, 3.63) is 71.8 Å². The first-order chi connectivity index (χ1) is 13.8. The molecule has 4 heteroatoms. The highest BCUT2D eigenvalue weighted by Crippen LogP contribution is 2.05. The largest absolute Gasteiger partial charge is 0.394 e. The van der Waals surface area contributed by atoms with Gasteiger partial charge < -0.3 is 19.7 Å². The van der Waals surface area contributed by atoms with E-state index in [0.29, 0.717) is 13.2 Å². The standard InChI is InChI=1S/C14H14O.C8H18O.C2H6O2/c1-3-7-13(8-4-1)11-15-12-14-9-5-2-6-10-14;1-3-5-7-9-8-6-4-2;3-1-2-4/h1-10H,11-12H2;3-8H2,1-2H3;3-4H,1-2H2. The smallest absolute Gasteiger partial charge is 0.0721 e. The van der Waals surface area contributed by atoms with Gasteiger partial charge in [-0.15, -0.1) is 0 Å². The third kappa shape index (κ3) is 17.7. The molecule has 2 N–H and O–H groups in total. The maximum absolute atomic E-state index is 7.62. The highest BCUT2D eigenvalue weighted by molar-refractivity contribution is 5.15. The van der Waals surface area contributed by atoms with Gasteiger partial charge in [-0.25, -0.2) is 0 Å². The first kappa shape index (κ1) is 26.3. The minimum absolute atomic E-state index is 0.125. The van der Waals surface area contributed by atoms with Crippen molar-refractivity contribution >= 4 is 0 Å². The van der Waals surface area contributed by atoms with Crippen LogP contribution in [0.1, 0.15) is 50.7 Å². The number of unbranched alkanes of at least 4 members (excludes halogenated alkanes) is 2. The maximum atomic E-state index is 7.62. The molecule has 0 fully saturated rings. The van der Waals surface area contributed by atoms with Crippen molar-refractivity contribution < 1.29 is 19.7 Å². The third-order valence-corrected chi connectivity index (χ3v) is 3.61. The summed E-state index contributed by atoms with van der Waals surface area (Å²) < 4.78 is 10.9. The average Bonchev–Trinajstić information content (AvgIpc) is 2.76. The number of benzene rings is 2. The van der Waals surface area contributed by atoms with Gasteiger partial charge in [0.1, 0.15) is 0 Å². The van der Waals surface area contributed by atoms with Gasteiger partial charge in [-0.2, -0.15) is 0 Å². The lowest BCUT2D eigenvalue weighted by atomic mass is 10.2. The van der Waals surface area contributed by atoms with Crippen LogP contribution in [-0.4, -0.2) is 36.6 Å². The van der Waals surface area contributed by atoms with E-state index in [2.05, 4.69) is 38.1 Å². The predicted molar refractivity (Wildman–Crippen MR) is 116 cm³/mol. The lowest BCUT2D eigenvalue weighted by Gasteiger charge is -2.03. The Balaban J connectivity index is 0.000000480. The number of aliphatic hydroxyl groups is 2. The minimum Gasteiger partial charge on any atom is -0.394 e. The molecule has 4 nitrogen and oxygen atoms in total. The second kappa shape index (κ2) is 21.6. The van der Waals surface area contributed by atoms with Gasteiger partial charge in [0.15, 0.2) is 0 Å². The quantitative estimate of drug-likeness (QED) is 0.531. The second-order valence-corrected chi connectivity index (χ2v) is 6.23. The van der Waals surface area contributed by atoms with Crippen molar-refractivity contribution in [2.24, 2.45) is 0 Å². The van der Waals surface area contributed by atoms with Crippen molar-refractivity contribution in [3.63, 3.8) is 0 Å². The molecule has 0 saturated heterocycles. The van der Waals surface area contributed by atoms with E-state index in [1.807, 2.05) is 36.4 Å². The Morgan fingerprint density at radius 2 is 1.00 bits per heavy atom. The van der Waals surface area contributed by atoms with E-state index in [9.17, 15) is 0 Å². The van der Waals surface area contributed by atoms with Crippen LogP contribution in [0.3, 0.4) is 0 Å². The van der Waals surface area contributed by atoms with Crippen molar-refractivity contribution in [1.82, 2.24) is 0 Å². The van der Waals surface area contributed by atoms with Gasteiger partial charge in [0, 0.05) is 13.2 Å². The van der Waals surface area contributed by atoms with E-state index in [1.54, 1.807) is 0 Å². The monoisotopic (exact) mass is 390 g/mol. The summed E-state index contributed by atoms with van der Waals surface area (Å²) >= 11 is 0. The van der Waals surface area contributed by atoms with Gasteiger partial charge in [0.05, 0.1) is 26.4 Å². The van der Waals surface area contributed by atoms with Gasteiger partial charge >= 0.3 is 0 Å². The van der Waals surface area contributed by atoms with Crippen LogP contribution in [0, 0.1) is 0 Å².